The van der Waals surface area contributed by atoms with E-state index in [1.165, 1.54) is 0 Å². The normalized spacial score (nSPS) is 21.0. The third kappa shape index (κ3) is 10.6. The van der Waals surface area contributed by atoms with Gasteiger partial charge in [0.25, 0.3) is 0 Å². The predicted octanol–water partition coefficient (Wildman–Crippen LogP) is 3.38. The van der Waals surface area contributed by atoms with Crippen LogP contribution in [0.25, 0.3) is 0 Å². The van der Waals surface area contributed by atoms with Crippen LogP contribution in [0.3, 0.4) is 0 Å². The predicted molar refractivity (Wildman–Crippen MR) is 156 cm³/mol. The molecule has 1 aliphatic rings. The minimum atomic E-state index is -1.06. The van der Waals surface area contributed by atoms with Crippen molar-refractivity contribution < 1.29 is 34.4 Å². The van der Waals surface area contributed by atoms with Gasteiger partial charge in [-0.1, -0.05) is 49.4 Å². The highest BCUT2D eigenvalue weighted by Crippen LogP contribution is 2.27. The largest absolute Gasteiger partial charge is 0.491 e. The molecule has 226 valence electrons. The summed E-state index contributed by atoms with van der Waals surface area (Å²) in [6.07, 6.45) is -0.0746. The summed E-state index contributed by atoms with van der Waals surface area (Å²) in [7, 11) is 0. The highest BCUT2D eigenvalue weighted by Gasteiger charge is 2.36. The second kappa shape index (κ2) is 15.2. The number of aliphatic hydroxyl groups excluding tert-OH is 3. The summed E-state index contributed by atoms with van der Waals surface area (Å²) in [5.74, 6) is -0.135. The van der Waals surface area contributed by atoms with Crippen LogP contribution in [0, 0.1) is 11.8 Å². The van der Waals surface area contributed by atoms with Crippen molar-refractivity contribution >= 4 is 12.0 Å². The van der Waals surface area contributed by atoms with E-state index in [0.717, 1.165) is 17.5 Å². The van der Waals surface area contributed by atoms with E-state index >= 15 is 0 Å². The van der Waals surface area contributed by atoms with Gasteiger partial charge in [0.15, 0.2) is 0 Å². The quantitative estimate of drug-likeness (QED) is 0.249. The average molecular weight is 571 g/mol. The molecule has 6 unspecified atom stereocenters. The van der Waals surface area contributed by atoms with Gasteiger partial charge in [-0.05, 0) is 82.1 Å². The van der Waals surface area contributed by atoms with Crippen LogP contribution >= 0.6 is 0 Å². The molecule has 6 atom stereocenters. The Morgan fingerprint density at radius 2 is 1.66 bits per heavy atom. The third-order valence-corrected chi connectivity index (χ3v) is 7.38. The number of benzene rings is 2. The highest BCUT2D eigenvalue weighted by molar-refractivity contribution is 5.79. The molecule has 0 heterocycles. The van der Waals surface area contributed by atoms with Crippen LogP contribution in [0.5, 0.6) is 5.75 Å². The number of amides is 2. The number of hydrogen-bond donors (Lipinski definition) is 5. The van der Waals surface area contributed by atoms with Gasteiger partial charge in [0.1, 0.15) is 18.0 Å². The number of aliphatic hydroxyl groups is 3. The number of alkyl carbamates (subject to hydrolysis) is 1. The lowest BCUT2D eigenvalue weighted by Crippen LogP contribution is -2.50. The van der Waals surface area contributed by atoms with E-state index in [1.807, 2.05) is 49.4 Å². The number of ether oxygens (including phenoxy) is 2. The minimum Gasteiger partial charge on any atom is -0.491 e. The van der Waals surface area contributed by atoms with E-state index in [-0.39, 0.29) is 37.5 Å². The molecule has 0 radical (unpaired) electrons. The van der Waals surface area contributed by atoms with Crippen molar-refractivity contribution in [1.82, 2.24) is 10.6 Å². The number of carbonyl (C=O) groups excluding carboxylic acids is 2. The molecular formula is C32H46N2O7. The topological polar surface area (TPSA) is 137 Å². The van der Waals surface area contributed by atoms with Crippen molar-refractivity contribution in [3.63, 3.8) is 0 Å². The second-order valence-electron chi connectivity index (χ2n) is 12.0. The molecule has 5 N–H and O–H groups in total. The fourth-order valence-corrected chi connectivity index (χ4v) is 5.21. The monoisotopic (exact) mass is 570 g/mol. The summed E-state index contributed by atoms with van der Waals surface area (Å²) in [5.41, 5.74) is 1.09. The first kappa shape index (κ1) is 32.4. The van der Waals surface area contributed by atoms with Gasteiger partial charge in [-0.25, -0.2) is 4.79 Å². The van der Waals surface area contributed by atoms with Crippen LogP contribution in [-0.2, 0) is 22.4 Å². The van der Waals surface area contributed by atoms with Crippen molar-refractivity contribution in [1.29, 1.82) is 0 Å². The van der Waals surface area contributed by atoms with E-state index in [1.54, 1.807) is 32.9 Å². The van der Waals surface area contributed by atoms with Crippen LogP contribution in [0.1, 0.15) is 58.1 Å². The summed E-state index contributed by atoms with van der Waals surface area (Å²) in [5, 5.41) is 36.8. The molecule has 2 aromatic carbocycles. The molecule has 0 spiro atoms. The summed E-state index contributed by atoms with van der Waals surface area (Å²) >= 11 is 0. The van der Waals surface area contributed by atoms with E-state index < -0.39 is 35.9 Å². The van der Waals surface area contributed by atoms with Gasteiger partial charge >= 0.3 is 6.09 Å². The zero-order valence-electron chi connectivity index (χ0n) is 24.6. The van der Waals surface area contributed by atoms with Gasteiger partial charge in [0, 0.05) is 5.92 Å². The molecule has 0 bridgehead atoms. The van der Waals surface area contributed by atoms with Gasteiger partial charge in [-0.15, -0.1) is 0 Å². The Bertz CT molecular complexity index is 1080. The molecular weight excluding hydrogens is 524 g/mol. The van der Waals surface area contributed by atoms with Gasteiger partial charge in [0.05, 0.1) is 30.9 Å². The Hall–Kier alpha value is -3.14. The van der Waals surface area contributed by atoms with E-state index in [9.17, 15) is 19.8 Å². The average Bonchev–Trinajstić information content (AvgIpc) is 3.23. The van der Waals surface area contributed by atoms with Crippen molar-refractivity contribution in [2.24, 2.45) is 11.8 Å². The molecule has 41 heavy (non-hydrogen) atoms. The van der Waals surface area contributed by atoms with Gasteiger partial charge in [0.2, 0.25) is 5.91 Å². The molecule has 0 aliphatic heterocycles. The summed E-state index contributed by atoms with van der Waals surface area (Å²) in [6.45, 7) is 7.42. The maximum absolute atomic E-state index is 13.6. The lowest BCUT2D eigenvalue weighted by atomic mass is 9.88. The summed E-state index contributed by atoms with van der Waals surface area (Å²) in [6, 6.07) is 15.7. The molecule has 3 rings (SSSR count). The standard InChI is InChI=1S/C32H46N2O7/c1-21-10-15-27(36)29(21)34-30(38)24(18-23-11-13-25(14-12-23)40-17-16-35)20-28(37)26(19-22-8-6-5-7-9-22)33-31(39)41-32(2,3)4/h5-9,11-14,21,24,26-29,35-37H,10,15-20H2,1-4H3,(H,33,39)(H,34,38). The zero-order valence-corrected chi connectivity index (χ0v) is 24.6. The Balaban J connectivity index is 1.81. The molecule has 9 nitrogen and oxygen atoms in total. The number of nitrogens with one attached hydrogen (secondary N) is 2. The van der Waals surface area contributed by atoms with Crippen molar-refractivity contribution in [3.05, 3.63) is 65.7 Å². The van der Waals surface area contributed by atoms with E-state index in [4.69, 9.17) is 14.6 Å². The van der Waals surface area contributed by atoms with Crippen molar-refractivity contribution in [2.45, 2.75) is 89.7 Å². The number of carbonyl (C=O) groups is 2. The van der Waals surface area contributed by atoms with Crippen LogP contribution in [0.2, 0.25) is 0 Å². The second-order valence-corrected chi connectivity index (χ2v) is 12.0. The first-order valence-electron chi connectivity index (χ1n) is 14.5. The van der Waals surface area contributed by atoms with Crippen molar-refractivity contribution in [2.75, 3.05) is 13.2 Å². The molecule has 2 aromatic rings. The maximum atomic E-state index is 13.6. The van der Waals surface area contributed by atoms with Crippen LogP contribution in [0.4, 0.5) is 4.79 Å². The van der Waals surface area contributed by atoms with E-state index in [0.29, 0.717) is 25.0 Å². The van der Waals surface area contributed by atoms with E-state index in [2.05, 4.69) is 10.6 Å². The minimum absolute atomic E-state index is 0.0824. The van der Waals surface area contributed by atoms with Gasteiger partial charge in [-0.2, -0.15) is 0 Å². The third-order valence-electron chi connectivity index (χ3n) is 7.38. The summed E-state index contributed by atoms with van der Waals surface area (Å²) < 4.78 is 10.9. The zero-order chi connectivity index (χ0) is 30.0. The van der Waals surface area contributed by atoms with Crippen LogP contribution in [-0.4, -0.2) is 70.4 Å². The smallest absolute Gasteiger partial charge is 0.407 e. The Morgan fingerprint density at radius 3 is 2.24 bits per heavy atom. The highest BCUT2D eigenvalue weighted by atomic mass is 16.6. The first-order valence-corrected chi connectivity index (χ1v) is 14.5. The Labute approximate surface area is 243 Å². The van der Waals surface area contributed by atoms with Gasteiger partial charge < -0.3 is 35.4 Å². The maximum Gasteiger partial charge on any atom is 0.407 e. The van der Waals surface area contributed by atoms with Crippen LogP contribution in [0.15, 0.2) is 54.6 Å². The molecule has 1 aliphatic carbocycles. The molecule has 0 aromatic heterocycles. The lowest BCUT2D eigenvalue weighted by molar-refractivity contribution is -0.127. The summed E-state index contributed by atoms with van der Waals surface area (Å²) in [4.78, 5) is 26.3. The van der Waals surface area contributed by atoms with Gasteiger partial charge in [-0.3, -0.25) is 4.79 Å². The Kier molecular flexibility index (Phi) is 12.0. The number of hydrogen-bond acceptors (Lipinski definition) is 7. The first-order chi connectivity index (χ1) is 19.4. The fourth-order valence-electron chi connectivity index (χ4n) is 5.21. The Morgan fingerprint density at radius 1 is 1.00 bits per heavy atom. The van der Waals surface area contributed by atoms with Crippen LogP contribution < -0.4 is 15.4 Å². The molecule has 1 fully saturated rings. The lowest BCUT2D eigenvalue weighted by Gasteiger charge is -2.30. The molecule has 9 heteroatoms. The van der Waals surface area contributed by atoms with Crippen molar-refractivity contribution in [3.8, 4) is 5.75 Å². The number of rotatable bonds is 13. The molecule has 0 saturated heterocycles. The fraction of sp³-hybridized carbons (Fsp3) is 0.562. The molecule has 2 amide bonds. The molecule has 1 saturated carbocycles. The SMILES string of the molecule is CC1CCC(O)C1NC(=O)C(Cc1ccc(OCCO)cc1)CC(O)C(Cc1ccccc1)NC(=O)OC(C)(C)C.